The maximum Gasteiger partial charge on any atom is 0.326 e. The van der Waals surface area contributed by atoms with Crippen LogP contribution in [0, 0.1) is 0 Å². The van der Waals surface area contributed by atoms with E-state index in [4.69, 9.17) is 37.9 Å². The number of benzene rings is 2. The van der Waals surface area contributed by atoms with E-state index in [9.17, 15) is 4.79 Å². The summed E-state index contributed by atoms with van der Waals surface area (Å²) in [7, 11) is 0. The standard InChI is InChI=1S/C39H48Cl2N6O3/c1-8-50-32-23-33(37(3,4)5)42-24-31(32)34-44-38(6,26-9-13-28(40)14-10-26)39(7,27-11-15-29(41)16-12-27)47(34)36(49)46-21-19-45(20-22-46)25(2)35(48)43-30-17-18-30/h9-16,23-25,30H,8,17-22H2,1-7H3,(H,43,48)/t25?,38-,39+/m0/s1. The van der Waals surface area contributed by atoms with Crippen LogP contribution in [0.5, 0.6) is 5.75 Å². The van der Waals surface area contributed by atoms with Crippen LogP contribution in [-0.2, 0) is 21.3 Å². The van der Waals surface area contributed by atoms with Gasteiger partial charge in [-0.2, -0.15) is 0 Å². The molecule has 0 spiro atoms. The van der Waals surface area contributed by atoms with Crippen LogP contribution in [0.3, 0.4) is 0 Å². The third kappa shape index (κ3) is 6.72. The Labute approximate surface area is 306 Å². The molecule has 1 N–H and O–H groups in total. The van der Waals surface area contributed by atoms with E-state index in [1.165, 1.54) is 0 Å². The fraction of sp³-hybridized carbons (Fsp3) is 0.487. The Bertz CT molecular complexity index is 1760. The number of carbonyl (C=O) groups excluding carboxylic acids is 2. The smallest absolute Gasteiger partial charge is 0.326 e. The number of nitrogens with zero attached hydrogens (tertiary/aromatic N) is 5. The molecule has 1 aliphatic carbocycles. The predicted molar refractivity (Wildman–Crippen MR) is 199 cm³/mol. The zero-order chi connectivity index (χ0) is 36.0. The Kier molecular flexibility index (Phi) is 9.98. The van der Waals surface area contributed by atoms with E-state index in [1.54, 1.807) is 6.20 Å². The highest BCUT2D eigenvalue weighted by Crippen LogP contribution is 2.54. The first-order valence-electron chi connectivity index (χ1n) is 17.6. The molecule has 2 fully saturated rings. The minimum Gasteiger partial charge on any atom is -0.493 e. The molecule has 1 saturated heterocycles. The van der Waals surface area contributed by atoms with Gasteiger partial charge in [0.2, 0.25) is 5.91 Å². The van der Waals surface area contributed by atoms with Crippen LogP contribution in [0.4, 0.5) is 4.79 Å². The normalized spacial score (nSPS) is 23.4. The van der Waals surface area contributed by atoms with Crippen LogP contribution in [0.25, 0.3) is 0 Å². The van der Waals surface area contributed by atoms with Gasteiger partial charge in [-0.25, -0.2) is 4.79 Å². The lowest BCUT2D eigenvalue weighted by molar-refractivity contribution is -0.126. The number of amides is 3. The minimum absolute atomic E-state index is 0.0462. The van der Waals surface area contributed by atoms with E-state index in [1.807, 2.05) is 78.2 Å². The second kappa shape index (κ2) is 13.8. The van der Waals surface area contributed by atoms with Crippen molar-refractivity contribution in [1.82, 2.24) is 25.0 Å². The van der Waals surface area contributed by atoms with Crippen molar-refractivity contribution in [3.8, 4) is 5.75 Å². The first-order valence-corrected chi connectivity index (χ1v) is 18.3. The fourth-order valence-electron chi connectivity index (χ4n) is 7.01. The average molecular weight is 720 g/mol. The summed E-state index contributed by atoms with van der Waals surface area (Å²) in [5, 5.41) is 4.33. The molecule has 50 heavy (non-hydrogen) atoms. The number of urea groups is 1. The van der Waals surface area contributed by atoms with E-state index in [0.29, 0.717) is 66.0 Å². The van der Waals surface area contributed by atoms with Crippen LogP contribution in [0.2, 0.25) is 10.0 Å². The molecule has 1 aromatic heterocycles. The molecule has 1 unspecified atom stereocenters. The molecule has 3 heterocycles. The number of piperazine rings is 1. The first-order chi connectivity index (χ1) is 23.7. The number of pyridine rings is 1. The van der Waals surface area contributed by atoms with E-state index in [-0.39, 0.29) is 23.4 Å². The summed E-state index contributed by atoms with van der Waals surface area (Å²) in [6.07, 6.45) is 3.88. The lowest BCUT2D eigenvalue weighted by Gasteiger charge is -2.47. The molecule has 9 nitrogen and oxygen atoms in total. The van der Waals surface area contributed by atoms with Crippen molar-refractivity contribution >= 4 is 41.0 Å². The fourth-order valence-corrected chi connectivity index (χ4v) is 7.27. The zero-order valence-electron chi connectivity index (χ0n) is 30.1. The Morgan fingerprint density at radius 3 is 2.08 bits per heavy atom. The number of aliphatic imine (C=N–C) groups is 1. The highest BCUT2D eigenvalue weighted by atomic mass is 35.5. The highest BCUT2D eigenvalue weighted by molar-refractivity contribution is 6.30. The quantitative estimate of drug-likeness (QED) is 0.263. The lowest BCUT2D eigenvalue weighted by Crippen LogP contribution is -2.62. The van der Waals surface area contributed by atoms with Crippen molar-refractivity contribution in [3.05, 3.63) is 93.2 Å². The SMILES string of the molecule is CCOc1cc(C(C)(C)C)ncc1C1=N[C@@](C)(c2ccc(Cl)cc2)[C@@](C)(c2ccc(Cl)cc2)N1C(=O)N1CCN(C(C)C(=O)NC2CC2)CC1. The van der Waals surface area contributed by atoms with Crippen LogP contribution in [-0.4, -0.2) is 82.3 Å². The molecular weight excluding hydrogens is 671 g/mol. The van der Waals surface area contributed by atoms with Gasteiger partial charge in [-0.3, -0.25) is 24.6 Å². The molecule has 3 aromatic rings. The molecule has 2 aromatic carbocycles. The number of hydrogen-bond acceptors (Lipinski definition) is 6. The maximum atomic E-state index is 15.2. The molecule has 266 valence electrons. The van der Waals surface area contributed by atoms with Gasteiger partial charge in [-0.05, 0) is 75.9 Å². The highest BCUT2D eigenvalue weighted by Gasteiger charge is 2.60. The Hall–Kier alpha value is -3.66. The first kappa shape index (κ1) is 36.1. The number of rotatable bonds is 8. The molecule has 3 atom stereocenters. The van der Waals surface area contributed by atoms with Gasteiger partial charge in [-0.1, -0.05) is 68.2 Å². The number of carbonyl (C=O) groups is 2. The second-order valence-electron chi connectivity index (χ2n) is 14.9. The van der Waals surface area contributed by atoms with Crippen molar-refractivity contribution in [1.29, 1.82) is 0 Å². The third-order valence-corrected chi connectivity index (χ3v) is 11.1. The van der Waals surface area contributed by atoms with Crippen molar-refractivity contribution in [2.45, 2.75) is 89.9 Å². The molecule has 3 aliphatic rings. The van der Waals surface area contributed by atoms with Crippen molar-refractivity contribution in [3.63, 3.8) is 0 Å². The summed E-state index contributed by atoms with van der Waals surface area (Å²) in [5.74, 6) is 1.13. The summed E-state index contributed by atoms with van der Waals surface area (Å²) in [6.45, 7) is 16.8. The summed E-state index contributed by atoms with van der Waals surface area (Å²) in [5.41, 5.74) is 1.04. The van der Waals surface area contributed by atoms with Crippen LogP contribution in [0.15, 0.2) is 65.8 Å². The Morgan fingerprint density at radius 1 is 0.960 bits per heavy atom. The summed E-state index contributed by atoms with van der Waals surface area (Å²) < 4.78 is 6.28. The second-order valence-corrected chi connectivity index (χ2v) is 15.8. The third-order valence-electron chi connectivity index (χ3n) is 10.6. The molecule has 1 saturated carbocycles. The predicted octanol–water partition coefficient (Wildman–Crippen LogP) is 7.38. The van der Waals surface area contributed by atoms with Gasteiger partial charge < -0.3 is 15.0 Å². The molecular formula is C39H48Cl2N6O3. The molecule has 11 heteroatoms. The van der Waals surface area contributed by atoms with Crippen LogP contribution < -0.4 is 10.1 Å². The lowest BCUT2D eigenvalue weighted by atomic mass is 9.71. The summed E-state index contributed by atoms with van der Waals surface area (Å²) in [6, 6.07) is 17.1. The van der Waals surface area contributed by atoms with E-state index in [0.717, 1.165) is 29.7 Å². The number of nitrogens with one attached hydrogen (secondary N) is 1. The number of halogens is 2. The van der Waals surface area contributed by atoms with E-state index >= 15 is 4.79 Å². The Morgan fingerprint density at radius 2 is 1.54 bits per heavy atom. The monoisotopic (exact) mass is 718 g/mol. The minimum atomic E-state index is -1.03. The van der Waals surface area contributed by atoms with Gasteiger partial charge in [0.25, 0.3) is 0 Å². The van der Waals surface area contributed by atoms with Gasteiger partial charge in [0.1, 0.15) is 22.7 Å². The van der Waals surface area contributed by atoms with Crippen LogP contribution >= 0.6 is 23.2 Å². The molecule has 6 rings (SSSR count). The number of aromatic nitrogens is 1. The molecule has 0 radical (unpaired) electrons. The average Bonchev–Trinajstić information content (AvgIpc) is 3.87. The largest absolute Gasteiger partial charge is 0.493 e. The van der Waals surface area contributed by atoms with Gasteiger partial charge in [0.15, 0.2) is 0 Å². The van der Waals surface area contributed by atoms with E-state index in [2.05, 4.69) is 44.8 Å². The van der Waals surface area contributed by atoms with Gasteiger partial charge in [-0.15, -0.1) is 0 Å². The number of amidine groups is 1. The number of hydrogen-bond donors (Lipinski definition) is 1. The van der Waals surface area contributed by atoms with Crippen molar-refractivity contribution in [2.75, 3.05) is 32.8 Å². The zero-order valence-corrected chi connectivity index (χ0v) is 31.6. The van der Waals surface area contributed by atoms with Gasteiger partial charge in [0, 0.05) is 65.6 Å². The summed E-state index contributed by atoms with van der Waals surface area (Å²) >= 11 is 12.8. The topological polar surface area (TPSA) is 90.4 Å². The van der Waals surface area contributed by atoms with Crippen molar-refractivity contribution in [2.24, 2.45) is 4.99 Å². The van der Waals surface area contributed by atoms with Gasteiger partial charge in [0.05, 0.1) is 18.2 Å². The Balaban J connectivity index is 1.47. The van der Waals surface area contributed by atoms with Crippen LogP contribution in [0.1, 0.15) is 83.7 Å². The molecule has 2 aliphatic heterocycles. The molecule has 3 amide bonds. The van der Waals surface area contributed by atoms with Gasteiger partial charge >= 0.3 is 6.03 Å². The molecule has 0 bridgehead atoms. The van der Waals surface area contributed by atoms with Crippen molar-refractivity contribution < 1.29 is 14.3 Å². The summed E-state index contributed by atoms with van der Waals surface area (Å²) in [4.78, 5) is 44.4. The number of ether oxygens (including phenoxy) is 1. The maximum absolute atomic E-state index is 15.2. The van der Waals surface area contributed by atoms with E-state index < -0.39 is 11.1 Å².